The molecule has 15 aromatic rings. The zero-order valence-electron chi connectivity index (χ0n) is 71.0. The lowest BCUT2D eigenvalue weighted by Gasteiger charge is -2.15. The molecule has 35 heteroatoms. The van der Waals surface area contributed by atoms with Gasteiger partial charge in [0.25, 0.3) is 17.7 Å². The van der Waals surface area contributed by atoms with Gasteiger partial charge < -0.3 is 47.9 Å². The summed E-state index contributed by atoms with van der Waals surface area (Å²) in [5.74, 6) is 15.7. The third-order valence-corrected chi connectivity index (χ3v) is 20.4. The second-order valence-electron chi connectivity index (χ2n) is 29.8. The predicted octanol–water partition coefficient (Wildman–Crippen LogP) is 8.90. The molecule has 6 amide bonds. The summed E-state index contributed by atoms with van der Waals surface area (Å²) in [6.45, 7) is 8.29. The van der Waals surface area contributed by atoms with Crippen molar-refractivity contribution in [2.24, 2.45) is 0 Å². The summed E-state index contributed by atoms with van der Waals surface area (Å²) >= 11 is 0. The van der Waals surface area contributed by atoms with E-state index in [1.165, 1.54) is 73.9 Å². The van der Waals surface area contributed by atoms with Crippen LogP contribution in [0.4, 0.5) is 52.0 Å². The Morgan fingerprint density at radius 1 is 0.375 bits per heavy atom. The monoisotopic (exact) mass is 1710 g/mol. The van der Waals surface area contributed by atoms with Gasteiger partial charge in [-0.25, -0.2) is 72.9 Å². The Bertz CT molecular complexity index is 7280. The van der Waals surface area contributed by atoms with Crippen LogP contribution in [-0.4, -0.2) is 179 Å². The average Bonchev–Trinajstić information content (AvgIpc) is 1.60. The number of fused-ring (bicyclic) bond motifs is 3. The van der Waals surface area contributed by atoms with E-state index in [1.807, 2.05) is 65.0 Å². The number of carbonyl (C=O) groups is 6. The number of hydrogen-bond acceptors (Lipinski definition) is 23. The summed E-state index contributed by atoms with van der Waals surface area (Å²) in [5.41, 5.74) is 27.6. The maximum absolute atomic E-state index is 14.0. The number of amides is 6. The molecule has 9 aromatic heterocycles. The SMILES string of the molecule is CC#CC(=O)N(C)c1cccc(-n2c(=O)n(-c3ccc(C(=O)Nc4cc(C)ccn4)cc3)c3c(N)ncnc32)c1.Cc1ccnc(NC(=O)c2ccc(-n3c(=O)n(-c4cccc(N(C)C(=O)C#CCN(C)C)c4)c4ncnc(N)c43)cc2)c1.Cc1ccnc(NC(=O)c2ccc(-n3c(=O)n(-c4cccc(N(C)C(=O)C#CCN(C)C5CC5)c4)c4ncnc(N)c43)cc2)c1. The predicted molar refractivity (Wildman–Crippen MR) is 491 cm³/mol. The molecular weight excluding hydrogens is 1630 g/mol. The first kappa shape index (κ1) is 87.0. The van der Waals surface area contributed by atoms with Crippen molar-refractivity contribution in [2.45, 2.75) is 46.6 Å². The molecule has 0 spiro atoms. The second-order valence-corrected chi connectivity index (χ2v) is 29.8. The average molecular weight is 1710 g/mol. The molecule has 0 bridgehead atoms. The minimum Gasteiger partial charge on any atom is -0.382 e. The molecule has 640 valence electrons. The van der Waals surface area contributed by atoms with Gasteiger partial charge in [0.1, 0.15) is 53.0 Å². The number of nitrogens with zero attached hydrogens (tertiary/aromatic N) is 20. The van der Waals surface area contributed by atoms with E-state index in [0.717, 1.165) is 16.7 Å². The lowest BCUT2D eigenvalue weighted by Crippen LogP contribution is -2.26. The van der Waals surface area contributed by atoms with Crippen molar-refractivity contribution in [1.82, 2.24) is 82.1 Å². The first-order valence-corrected chi connectivity index (χ1v) is 39.8. The third-order valence-electron chi connectivity index (χ3n) is 20.4. The summed E-state index contributed by atoms with van der Waals surface area (Å²) in [5, 5.41) is 8.31. The van der Waals surface area contributed by atoms with Crippen molar-refractivity contribution in [3.8, 4) is 69.6 Å². The molecule has 35 nitrogen and oxygen atoms in total. The number of hydrogen-bond donors (Lipinski definition) is 6. The number of nitrogens with one attached hydrogen (secondary N) is 3. The maximum atomic E-state index is 14.0. The van der Waals surface area contributed by atoms with Crippen LogP contribution in [0.1, 0.15) is 67.5 Å². The Labute approximate surface area is 731 Å². The second kappa shape index (κ2) is 38.0. The van der Waals surface area contributed by atoms with E-state index >= 15 is 0 Å². The number of pyridine rings is 3. The van der Waals surface area contributed by atoms with Crippen molar-refractivity contribution < 1.29 is 28.8 Å². The van der Waals surface area contributed by atoms with E-state index < -0.39 is 17.1 Å². The van der Waals surface area contributed by atoms with E-state index in [2.05, 4.69) is 101 Å². The first-order chi connectivity index (χ1) is 61.6. The van der Waals surface area contributed by atoms with E-state index in [0.29, 0.717) is 121 Å². The first-order valence-electron chi connectivity index (χ1n) is 39.8. The van der Waals surface area contributed by atoms with E-state index in [-0.39, 0.29) is 69.8 Å². The standard InChI is InChI=1S/C33H31N9O3.C31H29N9O3.C29H24N8O3/c1-21-15-16-35-27(18-21)38-32(44)22-9-11-24(12-10-22)41-29-30(34)36-20-37-31(29)42(33(41)45)26-7-4-6-25(19-26)40(3)28(43)8-5-17-39(2)23-13-14-23;1-20-14-15-33-25(17-20)36-30(42)21-10-12-22(13-11-21)39-27-28(32)34-19-35-29(27)40(31(39)43)24-8-5-7-23(18-24)38(4)26(41)9-6-16-37(2)3;1-4-6-24(38)35(3)21-7-5-8-22(16-21)37-27-25(26(30)32-17-33-27)36(29(37)40)20-11-9-19(10-12-20)28(39)34-23-15-18(2)13-14-31-23/h4,6-7,9-12,15-16,18-20,23H,13-14,17H2,1-3H3,(H2,34,36,37)(H,35,38,44);5,7-8,10-15,17-19H,16H2,1-4H3,(H2,32,34,35)(H,33,36,42);5,7-17H,1-3H3,(H2,30,32,33)(H,31,34,39). The van der Waals surface area contributed by atoms with Crippen LogP contribution >= 0.6 is 0 Å². The molecule has 1 aliphatic rings. The smallest absolute Gasteiger partial charge is 0.339 e. The molecule has 0 aliphatic heterocycles. The molecule has 1 aliphatic carbocycles. The zero-order valence-corrected chi connectivity index (χ0v) is 71.0. The minimum atomic E-state index is -0.458. The lowest BCUT2D eigenvalue weighted by molar-refractivity contribution is -0.113. The van der Waals surface area contributed by atoms with Gasteiger partial charge in [0, 0.05) is 79.5 Å². The fraction of sp³-hybridized carbons (Fsp3) is 0.161. The van der Waals surface area contributed by atoms with Crippen LogP contribution in [0, 0.1) is 56.3 Å². The highest BCUT2D eigenvalue weighted by molar-refractivity contribution is 6.08. The number of benzene rings is 6. The van der Waals surface area contributed by atoms with Crippen LogP contribution in [0.15, 0.2) is 234 Å². The van der Waals surface area contributed by atoms with Crippen LogP contribution in [-0.2, 0) is 14.4 Å². The van der Waals surface area contributed by atoms with Crippen molar-refractivity contribution in [1.29, 1.82) is 0 Å². The molecule has 1 fully saturated rings. The number of rotatable bonds is 18. The third kappa shape index (κ3) is 19.1. The largest absolute Gasteiger partial charge is 0.382 e. The van der Waals surface area contributed by atoms with Gasteiger partial charge in [0.2, 0.25) is 0 Å². The van der Waals surface area contributed by atoms with Crippen LogP contribution in [0.3, 0.4) is 0 Å². The molecule has 0 saturated heterocycles. The van der Waals surface area contributed by atoms with Crippen molar-refractivity contribution in [3.63, 3.8) is 0 Å². The molecule has 1 saturated carbocycles. The van der Waals surface area contributed by atoms with Crippen molar-refractivity contribution >= 4 is 121 Å². The summed E-state index contributed by atoms with van der Waals surface area (Å²) in [6, 6.07) is 51.7. The summed E-state index contributed by atoms with van der Waals surface area (Å²) in [7, 11) is 10.6. The van der Waals surface area contributed by atoms with Gasteiger partial charge >= 0.3 is 34.8 Å². The topological polar surface area (TPSA) is 430 Å². The molecule has 16 rings (SSSR count). The Kier molecular flexibility index (Phi) is 25.8. The fourth-order valence-corrected chi connectivity index (χ4v) is 13.6. The number of aryl methyl sites for hydroxylation is 3. The van der Waals surface area contributed by atoms with Gasteiger partial charge in [-0.3, -0.25) is 52.3 Å². The molecule has 128 heavy (non-hydrogen) atoms. The van der Waals surface area contributed by atoms with Crippen molar-refractivity contribution in [3.05, 3.63) is 284 Å². The number of anilines is 9. The van der Waals surface area contributed by atoms with Gasteiger partial charge in [0.05, 0.1) is 47.2 Å². The molecule has 9 N–H and O–H groups in total. The van der Waals surface area contributed by atoms with Gasteiger partial charge in [-0.05, 0) is 260 Å². The Hall–Kier alpha value is -17.4. The molecule has 0 atom stereocenters. The summed E-state index contributed by atoms with van der Waals surface area (Å²) < 4.78 is 8.39. The highest BCUT2D eigenvalue weighted by Crippen LogP contribution is 2.31. The van der Waals surface area contributed by atoms with E-state index in [4.69, 9.17) is 17.2 Å². The maximum Gasteiger partial charge on any atom is 0.339 e. The highest BCUT2D eigenvalue weighted by atomic mass is 16.2. The van der Waals surface area contributed by atoms with Gasteiger partial charge in [-0.2, -0.15) is 0 Å². The van der Waals surface area contributed by atoms with Crippen LogP contribution in [0.25, 0.3) is 67.6 Å². The minimum absolute atomic E-state index is 0.104. The van der Waals surface area contributed by atoms with E-state index in [9.17, 15) is 43.2 Å². The number of carbonyl (C=O) groups excluding carboxylic acids is 6. The Morgan fingerprint density at radius 3 is 0.969 bits per heavy atom. The van der Waals surface area contributed by atoms with Gasteiger partial charge in [-0.1, -0.05) is 36.0 Å². The highest BCUT2D eigenvalue weighted by Gasteiger charge is 2.28. The molecule has 0 unspecified atom stereocenters. The quantitative estimate of drug-likeness (QED) is 0.0436. The number of nitrogen functional groups attached to an aromatic ring is 3. The molecular formula is C93H84N26O9. The van der Waals surface area contributed by atoms with E-state index in [1.54, 1.807) is 210 Å². The normalized spacial score (nSPS) is 11.3. The Morgan fingerprint density at radius 2 is 0.680 bits per heavy atom. The number of imidazole rings is 3. The summed E-state index contributed by atoms with van der Waals surface area (Å²) in [6.07, 6.45) is 11.0. The molecule has 0 radical (unpaired) electrons. The van der Waals surface area contributed by atoms with Gasteiger partial charge in [0.15, 0.2) is 34.4 Å². The van der Waals surface area contributed by atoms with Crippen LogP contribution in [0.2, 0.25) is 0 Å². The molecule has 6 aromatic carbocycles. The van der Waals surface area contributed by atoms with Crippen molar-refractivity contribution in [2.75, 3.05) is 103 Å². The zero-order chi connectivity index (χ0) is 90.7. The Balaban J connectivity index is 0.000000156. The van der Waals surface area contributed by atoms with Crippen LogP contribution < -0.4 is 64.9 Å². The fourth-order valence-electron chi connectivity index (χ4n) is 13.6. The lowest BCUT2D eigenvalue weighted by atomic mass is 10.2. The summed E-state index contributed by atoms with van der Waals surface area (Å²) in [4.78, 5) is 164. The van der Waals surface area contributed by atoms with Crippen LogP contribution in [0.5, 0.6) is 0 Å². The molecule has 9 heterocycles. The number of nitrogens with two attached hydrogens (primary N) is 3. The number of aromatic nitrogens is 15. The van der Waals surface area contributed by atoms with Gasteiger partial charge in [-0.15, -0.1) is 0 Å².